The van der Waals surface area contributed by atoms with E-state index in [2.05, 4.69) is 30.3 Å². The second-order valence-electron chi connectivity index (χ2n) is 7.07. The molecule has 5 nitrogen and oxygen atoms in total. The van der Waals surface area contributed by atoms with Crippen LogP contribution in [0.4, 0.5) is 5.69 Å². The van der Waals surface area contributed by atoms with Gasteiger partial charge < -0.3 is 14.5 Å². The number of anilines is 1. The molecule has 0 aliphatic carbocycles. The van der Waals surface area contributed by atoms with Gasteiger partial charge in [-0.3, -0.25) is 4.79 Å². The lowest BCUT2D eigenvalue weighted by Crippen LogP contribution is -2.37. The maximum Gasteiger partial charge on any atom is 0.254 e. The number of carbonyl (C=O) groups is 1. The summed E-state index contributed by atoms with van der Waals surface area (Å²) in [6, 6.07) is 17.2. The highest BCUT2D eigenvalue weighted by molar-refractivity contribution is 5.94. The summed E-state index contributed by atoms with van der Waals surface area (Å²) in [6.45, 7) is 1.84. The number of ether oxygens (including phenoxy) is 1. The molecule has 0 unspecified atom stereocenters. The molecule has 0 aromatic heterocycles. The van der Waals surface area contributed by atoms with Crippen molar-refractivity contribution in [2.75, 3.05) is 32.1 Å². The molecule has 0 spiro atoms. The second-order valence-corrected chi connectivity index (χ2v) is 7.07. The van der Waals surface area contributed by atoms with E-state index in [0.717, 1.165) is 30.7 Å². The minimum atomic E-state index is -0.0701. The van der Waals surface area contributed by atoms with Crippen molar-refractivity contribution in [3.63, 3.8) is 0 Å². The molecule has 1 aliphatic heterocycles. The lowest BCUT2D eigenvalue weighted by Gasteiger charge is -2.26. The van der Waals surface area contributed by atoms with Crippen molar-refractivity contribution in [1.29, 1.82) is 5.26 Å². The van der Waals surface area contributed by atoms with Crippen molar-refractivity contribution < 1.29 is 9.53 Å². The van der Waals surface area contributed by atoms with Crippen molar-refractivity contribution >= 4 is 11.6 Å². The standard InChI is InChI=1S/C22H25N3O2/c1-24(2)20-10-8-17(9-11-20)15-25(16-21-7-4-12-27-21)22(26)19-6-3-5-18(13-19)14-23/h3,5-6,8-11,13,21H,4,7,12,15-16H2,1-2H3/t21-/m0/s1. The van der Waals surface area contributed by atoms with Crippen molar-refractivity contribution in [3.8, 4) is 6.07 Å². The van der Waals surface area contributed by atoms with E-state index in [-0.39, 0.29) is 12.0 Å². The van der Waals surface area contributed by atoms with Crippen LogP contribution in [-0.4, -0.2) is 44.2 Å². The van der Waals surface area contributed by atoms with Gasteiger partial charge in [-0.15, -0.1) is 0 Å². The van der Waals surface area contributed by atoms with Gasteiger partial charge in [0.1, 0.15) is 0 Å². The van der Waals surface area contributed by atoms with Crippen LogP contribution in [-0.2, 0) is 11.3 Å². The highest BCUT2D eigenvalue weighted by Crippen LogP contribution is 2.19. The fraction of sp³-hybridized carbons (Fsp3) is 0.364. The Bertz CT molecular complexity index is 818. The van der Waals surface area contributed by atoms with Gasteiger partial charge in [0.05, 0.1) is 17.7 Å². The van der Waals surface area contributed by atoms with Gasteiger partial charge in [0.2, 0.25) is 0 Å². The van der Waals surface area contributed by atoms with E-state index in [9.17, 15) is 4.79 Å². The van der Waals surface area contributed by atoms with E-state index in [0.29, 0.717) is 24.2 Å². The number of hydrogen-bond donors (Lipinski definition) is 0. The van der Waals surface area contributed by atoms with Gasteiger partial charge in [-0.1, -0.05) is 18.2 Å². The van der Waals surface area contributed by atoms with Crippen molar-refractivity contribution in [2.45, 2.75) is 25.5 Å². The Labute approximate surface area is 160 Å². The number of amides is 1. The second kappa shape index (κ2) is 8.70. The maximum atomic E-state index is 13.1. The third kappa shape index (κ3) is 4.87. The Morgan fingerprint density at radius 2 is 2.00 bits per heavy atom. The first-order chi connectivity index (χ1) is 13.1. The smallest absolute Gasteiger partial charge is 0.254 e. The molecule has 3 rings (SSSR count). The monoisotopic (exact) mass is 363 g/mol. The molecule has 1 atom stereocenters. The molecule has 0 N–H and O–H groups in total. The third-order valence-electron chi connectivity index (χ3n) is 4.80. The SMILES string of the molecule is CN(C)c1ccc(CN(C[C@@H]2CCCO2)C(=O)c2cccc(C#N)c2)cc1. The molecule has 1 amide bonds. The minimum absolute atomic E-state index is 0.0701. The largest absolute Gasteiger partial charge is 0.378 e. The zero-order valence-corrected chi connectivity index (χ0v) is 15.9. The molecule has 0 bridgehead atoms. The molecule has 1 saturated heterocycles. The van der Waals surface area contributed by atoms with E-state index in [4.69, 9.17) is 10.00 Å². The van der Waals surface area contributed by atoms with Gasteiger partial charge in [-0.05, 0) is 48.7 Å². The van der Waals surface area contributed by atoms with Gasteiger partial charge in [0, 0.05) is 45.0 Å². The van der Waals surface area contributed by atoms with E-state index in [1.165, 1.54) is 0 Å². The maximum absolute atomic E-state index is 13.1. The summed E-state index contributed by atoms with van der Waals surface area (Å²) >= 11 is 0. The minimum Gasteiger partial charge on any atom is -0.378 e. The van der Waals surface area contributed by atoms with E-state index < -0.39 is 0 Å². The van der Waals surface area contributed by atoms with Crippen LogP contribution in [0, 0.1) is 11.3 Å². The molecule has 2 aromatic carbocycles. The van der Waals surface area contributed by atoms with E-state index >= 15 is 0 Å². The summed E-state index contributed by atoms with van der Waals surface area (Å²) in [5, 5.41) is 9.12. The fourth-order valence-corrected chi connectivity index (χ4v) is 3.28. The third-order valence-corrected chi connectivity index (χ3v) is 4.80. The van der Waals surface area contributed by atoms with Gasteiger partial charge in [0.15, 0.2) is 0 Å². The molecule has 2 aromatic rings. The number of nitrogens with zero attached hydrogens (tertiary/aromatic N) is 3. The van der Waals surface area contributed by atoms with Gasteiger partial charge in [0.25, 0.3) is 5.91 Å². The van der Waals surface area contributed by atoms with Crippen molar-refractivity contribution in [1.82, 2.24) is 4.90 Å². The van der Waals surface area contributed by atoms with Crippen LogP contribution in [0.3, 0.4) is 0 Å². The van der Waals surface area contributed by atoms with E-state index in [1.54, 1.807) is 24.3 Å². The first-order valence-corrected chi connectivity index (χ1v) is 9.24. The topological polar surface area (TPSA) is 56.6 Å². The summed E-state index contributed by atoms with van der Waals surface area (Å²) in [5.41, 5.74) is 3.23. The highest BCUT2D eigenvalue weighted by Gasteiger charge is 2.24. The van der Waals surface area contributed by atoms with Crippen LogP contribution in [0.1, 0.15) is 34.3 Å². The molecular formula is C22H25N3O2. The predicted octanol–water partition coefficient (Wildman–Crippen LogP) is 3.45. The van der Waals surface area contributed by atoms with Crippen LogP contribution < -0.4 is 4.90 Å². The first kappa shape index (κ1) is 18.9. The van der Waals surface area contributed by atoms with Crippen LogP contribution in [0.25, 0.3) is 0 Å². The summed E-state index contributed by atoms with van der Waals surface area (Å²) in [6.07, 6.45) is 2.09. The Kier molecular flexibility index (Phi) is 6.10. The summed E-state index contributed by atoms with van der Waals surface area (Å²) in [5.74, 6) is -0.0701. The molecule has 1 aliphatic rings. The fourth-order valence-electron chi connectivity index (χ4n) is 3.28. The quantitative estimate of drug-likeness (QED) is 0.789. The zero-order chi connectivity index (χ0) is 19.2. The Morgan fingerprint density at radius 1 is 1.22 bits per heavy atom. The molecule has 27 heavy (non-hydrogen) atoms. The lowest BCUT2D eigenvalue weighted by atomic mass is 10.1. The van der Waals surface area contributed by atoms with Crippen molar-refractivity contribution in [2.24, 2.45) is 0 Å². The summed E-state index contributed by atoms with van der Waals surface area (Å²) in [4.78, 5) is 17.0. The van der Waals surface area contributed by atoms with E-state index in [1.807, 2.05) is 23.9 Å². The van der Waals surface area contributed by atoms with Crippen LogP contribution >= 0.6 is 0 Å². The molecule has 0 saturated carbocycles. The average Bonchev–Trinajstić information content (AvgIpc) is 3.20. The first-order valence-electron chi connectivity index (χ1n) is 9.24. The zero-order valence-electron chi connectivity index (χ0n) is 15.9. The summed E-state index contributed by atoms with van der Waals surface area (Å²) < 4.78 is 5.75. The molecular weight excluding hydrogens is 338 g/mol. The number of hydrogen-bond acceptors (Lipinski definition) is 4. The molecule has 0 radical (unpaired) electrons. The molecule has 140 valence electrons. The van der Waals surface area contributed by atoms with Crippen LogP contribution in [0.15, 0.2) is 48.5 Å². The average molecular weight is 363 g/mol. The normalized spacial score (nSPS) is 16.0. The molecule has 1 heterocycles. The number of carbonyl (C=O) groups excluding carboxylic acids is 1. The Hall–Kier alpha value is -2.84. The lowest BCUT2D eigenvalue weighted by molar-refractivity contribution is 0.0507. The van der Waals surface area contributed by atoms with Gasteiger partial charge >= 0.3 is 0 Å². The molecule has 1 fully saturated rings. The number of nitriles is 1. The van der Waals surface area contributed by atoms with Gasteiger partial charge in [-0.2, -0.15) is 5.26 Å². The highest BCUT2D eigenvalue weighted by atomic mass is 16.5. The van der Waals surface area contributed by atoms with Crippen LogP contribution in [0.2, 0.25) is 0 Å². The number of rotatable bonds is 6. The predicted molar refractivity (Wildman–Crippen MR) is 106 cm³/mol. The van der Waals surface area contributed by atoms with Crippen molar-refractivity contribution in [3.05, 3.63) is 65.2 Å². The molecule has 5 heteroatoms. The van der Waals surface area contributed by atoms with Crippen LogP contribution in [0.5, 0.6) is 0 Å². The number of benzene rings is 2. The Balaban J connectivity index is 1.81. The van der Waals surface area contributed by atoms with Gasteiger partial charge in [-0.25, -0.2) is 0 Å². The Morgan fingerprint density at radius 3 is 2.63 bits per heavy atom. The summed E-state index contributed by atoms with van der Waals surface area (Å²) in [7, 11) is 4.01.